The highest BCUT2D eigenvalue weighted by Crippen LogP contribution is 2.30. The number of hydrogen-bond acceptors (Lipinski definition) is 5. The van der Waals surface area contributed by atoms with E-state index in [0.29, 0.717) is 23.7 Å². The number of anilines is 1. The Balaban J connectivity index is 1.66. The summed E-state index contributed by atoms with van der Waals surface area (Å²) in [6.45, 7) is 0.471. The molecule has 0 unspecified atom stereocenters. The quantitative estimate of drug-likeness (QED) is 0.759. The van der Waals surface area contributed by atoms with Crippen LogP contribution in [0.25, 0.3) is 0 Å². The van der Waals surface area contributed by atoms with Crippen molar-refractivity contribution in [2.45, 2.75) is 11.3 Å². The molecule has 1 amide bonds. The van der Waals surface area contributed by atoms with Gasteiger partial charge in [0, 0.05) is 31.3 Å². The highest BCUT2D eigenvalue weighted by molar-refractivity contribution is 7.89. The summed E-state index contributed by atoms with van der Waals surface area (Å²) in [7, 11) is -0.883. The molecule has 1 atom stereocenters. The van der Waals surface area contributed by atoms with Gasteiger partial charge in [-0.25, -0.2) is 17.5 Å². The molecular weight excluding hydrogens is 387 g/mol. The monoisotopic (exact) mass is 408 g/mol. The second-order valence-corrected chi connectivity index (χ2v) is 8.19. The number of nitrogens with zero attached hydrogens (tertiary/aromatic N) is 1. The molecule has 1 fully saturated rings. The van der Waals surface area contributed by atoms with Crippen molar-refractivity contribution in [2.75, 3.05) is 32.2 Å². The lowest BCUT2D eigenvalue weighted by Crippen LogP contribution is -2.31. The van der Waals surface area contributed by atoms with Crippen LogP contribution in [0.5, 0.6) is 11.5 Å². The third-order valence-electron chi connectivity index (χ3n) is 4.57. The third-order valence-corrected chi connectivity index (χ3v) is 5.99. The van der Waals surface area contributed by atoms with Gasteiger partial charge in [0.25, 0.3) is 0 Å². The molecule has 1 N–H and O–H groups in total. The molecule has 0 saturated carbocycles. The topological polar surface area (TPSA) is 84.9 Å². The van der Waals surface area contributed by atoms with E-state index >= 15 is 0 Å². The molecular formula is C19H21FN2O5S. The molecule has 0 spiro atoms. The number of nitrogens with one attached hydrogen (secondary N) is 1. The molecule has 28 heavy (non-hydrogen) atoms. The maximum absolute atomic E-state index is 13.1. The fourth-order valence-electron chi connectivity index (χ4n) is 3.08. The van der Waals surface area contributed by atoms with Crippen LogP contribution >= 0.6 is 0 Å². The molecule has 0 bridgehead atoms. The van der Waals surface area contributed by atoms with E-state index in [0.717, 1.165) is 0 Å². The lowest BCUT2D eigenvalue weighted by molar-refractivity contribution is -0.117. The molecule has 2 aromatic rings. The molecule has 3 rings (SSSR count). The molecule has 0 radical (unpaired) electrons. The zero-order chi connectivity index (χ0) is 20.3. The summed E-state index contributed by atoms with van der Waals surface area (Å²) in [5.74, 6) is 0.0469. The highest BCUT2D eigenvalue weighted by Gasteiger charge is 2.31. The second-order valence-electron chi connectivity index (χ2n) is 6.42. The van der Waals surface area contributed by atoms with Crippen molar-refractivity contribution < 1.29 is 27.1 Å². The summed E-state index contributed by atoms with van der Waals surface area (Å²) < 4.78 is 51.0. The van der Waals surface area contributed by atoms with Crippen molar-refractivity contribution in [1.82, 2.24) is 4.72 Å². The van der Waals surface area contributed by atoms with Gasteiger partial charge in [-0.15, -0.1) is 0 Å². The Kier molecular flexibility index (Phi) is 5.85. The highest BCUT2D eigenvalue weighted by atomic mass is 32.2. The lowest BCUT2D eigenvalue weighted by atomic mass is 10.1. The number of carbonyl (C=O) groups is 1. The van der Waals surface area contributed by atoms with Crippen LogP contribution < -0.4 is 19.1 Å². The summed E-state index contributed by atoms with van der Waals surface area (Å²) in [4.78, 5) is 13.8. The predicted octanol–water partition coefficient (Wildman–Crippen LogP) is 2.17. The molecule has 150 valence electrons. The first-order chi connectivity index (χ1) is 13.3. The second kappa shape index (κ2) is 8.15. The number of ether oxygens (including phenoxy) is 2. The van der Waals surface area contributed by atoms with E-state index in [1.807, 2.05) is 0 Å². The standard InChI is InChI=1S/C19H21FN2O5S/c1-26-17-8-7-16(10-18(17)27-2)28(24,25)21-11-13-9-19(23)22(12-13)15-5-3-14(20)4-6-15/h3-8,10,13,21H,9,11-12H2,1-2H3/t13-/m1/s1. The molecule has 2 aromatic carbocycles. The van der Waals surface area contributed by atoms with Crippen molar-refractivity contribution in [3.05, 3.63) is 48.3 Å². The van der Waals surface area contributed by atoms with Gasteiger partial charge in [0.15, 0.2) is 11.5 Å². The number of hydrogen-bond donors (Lipinski definition) is 1. The smallest absolute Gasteiger partial charge is 0.240 e. The minimum Gasteiger partial charge on any atom is -0.493 e. The zero-order valence-corrected chi connectivity index (χ0v) is 16.3. The average Bonchev–Trinajstić information content (AvgIpc) is 3.07. The Labute approximate surface area is 163 Å². The van der Waals surface area contributed by atoms with Crippen molar-refractivity contribution in [3.63, 3.8) is 0 Å². The van der Waals surface area contributed by atoms with Crippen LogP contribution in [0.1, 0.15) is 6.42 Å². The van der Waals surface area contributed by atoms with Gasteiger partial charge in [-0.2, -0.15) is 0 Å². The van der Waals surface area contributed by atoms with Gasteiger partial charge in [0.1, 0.15) is 5.82 Å². The summed E-state index contributed by atoms with van der Waals surface area (Å²) in [6, 6.07) is 9.96. The van der Waals surface area contributed by atoms with Gasteiger partial charge in [-0.05, 0) is 42.3 Å². The number of halogens is 1. The fraction of sp³-hybridized carbons (Fsp3) is 0.316. The van der Waals surface area contributed by atoms with Gasteiger partial charge in [-0.1, -0.05) is 0 Å². The summed E-state index contributed by atoms with van der Waals surface area (Å²) in [6.07, 6.45) is 0.214. The van der Waals surface area contributed by atoms with E-state index in [9.17, 15) is 17.6 Å². The number of methoxy groups -OCH3 is 2. The van der Waals surface area contributed by atoms with Crippen LogP contribution in [0.3, 0.4) is 0 Å². The van der Waals surface area contributed by atoms with E-state index < -0.39 is 10.0 Å². The van der Waals surface area contributed by atoms with Crippen LogP contribution in [0.2, 0.25) is 0 Å². The van der Waals surface area contributed by atoms with E-state index in [-0.39, 0.29) is 35.5 Å². The van der Waals surface area contributed by atoms with Crippen LogP contribution in [-0.4, -0.2) is 41.6 Å². The van der Waals surface area contributed by atoms with Crippen molar-refractivity contribution in [1.29, 1.82) is 0 Å². The normalized spacial score (nSPS) is 17.0. The molecule has 1 heterocycles. The molecule has 1 aliphatic heterocycles. The minimum absolute atomic E-state index is 0.0462. The maximum atomic E-state index is 13.1. The minimum atomic E-state index is -3.78. The van der Waals surface area contributed by atoms with Crippen molar-refractivity contribution in [3.8, 4) is 11.5 Å². The molecule has 9 heteroatoms. The van der Waals surface area contributed by atoms with Gasteiger partial charge in [0.05, 0.1) is 19.1 Å². The number of amides is 1. The number of carbonyl (C=O) groups excluding carboxylic acids is 1. The largest absolute Gasteiger partial charge is 0.493 e. The molecule has 1 aliphatic rings. The SMILES string of the molecule is COc1ccc(S(=O)(=O)NC[C@H]2CC(=O)N(c3ccc(F)cc3)C2)cc1OC. The molecule has 0 aromatic heterocycles. The van der Waals surface area contributed by atoms with Gasteiger partial charge in [0.2, 0.25) is 15.9 Å². The van der Waals surface area contributed by atoms with Crippen LogP contribution in [0, 0.1) is 11.7 Å². The van der Waals surface area contributed by atoms with Crippen LogP contribution in [0.4, 0.5) is 10.1 Å². The Morgan fingerprint density at radius 2 is 1.79 bits per heavy atom. The number of sulfonamides is 1. The van der Waals surface area contributed by atoms with Gasteiger partial charge < -0.3 is 14.4 Å². The molecule has 0 aliphatic carbocycles. The Bertz CT molecular complexity index is 963. The van der Waals surface area contributed by atoms with Crippen LogP contribution in [-0.2, 0) is 14.8 Å². The summed E-state index contributed by atoms with van der Waals surface area (Å²) in [5, 5.41) is 0. The molecule has 1 saturated heterocycles. The Morgan fingerprint density at radius 3 is 2.43 bits per heavy atom. The third kappa shape index (κ3) is 4.26. The first-order valence-corrected chi connectivity index (χ1v) is 10.1. The van der Waals surface area contributed by atoms with E-state index in [1.165, 1.54) is 61.6 Å². The lowest BCUT2D eigenvalue weighted by Gasteiger charge is -2.17. The van der Waals surface area contributed by atoms with E-state index in [1.54, 1.807) is 0 Å². The summed E-state index contributed by atoms with van der Waals surface area (Å²) >= 11 is 0. The van der Waals surface area contributed by atoms with Crippen molar-refractivity contribution in [2.24, 2.45) is 5.92 Å². The maximum Gasteiger partial charge on any atom is 0.240 e. The fourth-order valence-corrected chi connectivity index (χ4v) is 4.21. The van der Waals surface area contributed by atoms with Gasteiger partial charge in [-0.3, -0.25) is 4.79 Å². The predicted molar refractivity (Wildman–Crippen MR) is 102 cm³/mol. The zero-order valence-electron chi connectivity index (χ0n) is 15.5. The Hall–Kier alpha value is -2.65. The van der Waals surface area contributed by atoms with Crippen LogP contribution in [0.15, 0.2) is 47.4 Å². The first kappa shape index (κ1) is 20.1. The Morgan fingerprint density at radius 1 is 1.11 bits per heavy atom. The van der Waals surface area contributed by atoms with Crippen molar-refractivity contribution >= 4 is 21.6 Å². The average molecular weight is 408 g/mol. The summed E-state index contributed by atoms with van der Waals surface area (Å²) in [5.41, 5.74) is 0.594. The van der Waals surface area contributed by atoms with E-state index in [4.69, 9.17) is 9.47 Å². The first-order valence-electron chi connectivity index (χ1n) is 8.61. The van der Waals surface area contributed by atoms with E-state index in [2.05, 4.69) is 4.72 Å². The van der Waals surface area contributed by atoms with Gasteiger partial charge >= 0.3 is 0 Å². The number of benzene rings is 2. The number of rotatable bonds is 7. The molecule has 7 nitrogen and oxygen atoms in total.